The minimum absolute atomic E-state index is 0.0511. The molecule has 1 aliphatic rings. The molecule has 2 aromatic carbocycles. The Morgan fingerprint density at radius 2 is 1.64 bits per heavy atom. The van der Waals surface area contributed by atoms with Crippen molar-refractivity contribution in [1.82, 2.24) is 5.32 Å². The van der Waals surface area contributed by atoms with Crippen LogP contribution in [0.1, 0.15) is 54.5 Å². The maximum atomic E-state index is 13.3. The van der Waals surface area contributed by atoms with Crippen molar-refractivity contribution in [2.75, 3.05) is 13.2 Å². The number of hydrogen-bond donors (Lipinski definition) is 2. The average Bonchev–Trinajstić information content (AvgIpc) is 2.83. The summed E-state index contributed by atoms with van der Waals surface area (Å²) in [5, 5.41) is 3.24. The number of benzene rings is 2. The van der Waals surface area contributed by atoms with E-state index in [1.54, 1.807) is 30.3 Å². The molecule has 1 saturated heterocycles. The fraction of sp³-hybridized carbons (Fsp3) is 0.440. The van der Waals surface area contributed by atoms with Gasteiger partial charge < -0.3 is 20.6 Å². The molecule has 0 aromatic heterocycles. The lowest BCUT2D eigenvalue weighted by atomic mass is 9.70. The van der Waals surface area contributed by atoms with E-state index < -0.39 is 46.4 Å². The van der Waals surface area contributed by atoms with E-state index >= 15 is 0 Å². The number of amides is 1. The molecule has 2 unspecified atom stereocenters. The Balaban J connectivity index is 1.90. The molecule has 0 aliphatic carbocycles. The summed E-state index contributed by atoms with van der Waals surface area (Å²) < 4.78 is 85.5. The zero-order chi connectivity index (χ0) is 26.8. The van der Waals surface area contributed by atoms with E-state index in [1.807, 2.05) is 0 Å². The van der Waals surface area contributed by atoms with Crippen LogP contribution in [0.4, 0.5) is 26.3 Å². The van der Waals surface area contributed by atoms with Gasteiger partial charge in [-0.3, -0.25) is 4.79 Å². The molecule has 1 heterocycles. The second-order valence-corrected chi connectivity index (χ2v) is 9.11. The zero-order valence-corrected chi connectivity index (χ0v) is 19.4. The minimum atomic E-state index is -4.97. The van der Waals surface area contributed by atoms with Crippen LogP contribution in [0.15, 0.2) is 48.5 Å². The summed E-state index contributed by atoms with van der Waals surface area (Å²) in [6.07, 6.45) is -9.99. The number of ether oxygens (including phenoxy) is 1. The van der Waals surface area contributed by atoms with Crippen LogP contribution in [0, 0.1) is 5.41 Å². The van der Waals surface area contributed by atoms with E-state index in [2.05, 4.69) is 5.32 Å². The van der Waals surface area contributed by atoms with E-state index in [0.717, 1.165) is 5.56 Å². The highest BCUT2D eigenvalue weighted by Crippen LogP contribution is 2.42. The summed E-state index contributed by atoms with van der Waals surface area (Å²) in [5.41, 5.74) is 1.18. The number of hydrogen-bond acceptors (Lipinski definition) is 4. The van der Waals surface area contributed by atoms with Gasteiger partial charge in [-0.1, -0.05) is 30.3 Å². The first-order valence-corrected chi connectivity index (χ1v) is 11.2. The van der Waals surface area contributed by atoms with Gasteiger partial charge >= 0.3 is 12.4 Å². The van der Waals surface area contributed by atoms with Crippen LogP contribution in [-0.4, -0.2) is 25.3 Å². The normalized spacial score (nSPS) is 23.8. The van der Waals surface area contributed by atoms with Crippen LogP contribution in [0.5, 0.6) is 0 Å². The van der Waals surface area contributed by atoms with Crippen molar-refractivity contribution in [1.29, 1.82) is 0 Å². The molecule has 3 rings (SSSR count). The maximum Gasteiger partial charge on any atom is 0.416 e. The molecule has 36 heavy (non-hydrogen) atoms. The molecule has 196 valence electrons. The molecular formula is C25H26F6N2O3. The number of alkyl halides is 6. The van der Waals surface area contributed by atoms with E-state index in [4.69, 9.17) is 10.5 Å². The van der Waals surface area contributed by atoms with Crippen molar-refractivity contribution in [3.63, 3.8) is 0 Å². The number of nitrogens with two attached hydrogens (primary N) is 1. The van der Waals surface area contributed by atoms with Gasteiger partial charge in [0.05, 0.1) is 34.8 Å². The first kappa shape index (κ1) is 27.7. The molecule has 2 aromatic rings. The topological polar surface area (TPSA) is 81.4 Å². The lowest BCUT2D eigenvalue weighted by molar-refractivity contribution is -0.143. The molecule has 1 aliphatic heterocycles. The van der Waals surface area contributed by atoms with Gasteiger partial charge in [0.1, 0.15) is 6.29 Å². The Morgan fingerprint density at radius 1 is 1.06 bits per heavy atom. The minimum Gasteiger partial charge on any atom is -0.372 e. The highest BCUT2D eigenvalue weighted by molar-refractivity contribution is 5.83. The van der Waals surface area contributed by atoms with Crippen LogP contribution >= 0.6 is 0 Å². The van der Waals surface area contributed by atoms with Crippen molar-refractivity contribution < 1.29 is 40.7 Å². The van der Waals surface area contributed by atoms with E-state index in [9.17, 15) is 35.9 Å². The van der Waals surface area contributed by atoms with Gasteiger partial charge in [-0.25, -0.2) is 0 Å². The number of primary amides is 1. The Hall–Kier alpha value is -2.92. The van der Waals surface area contributed by atoms with Crippen molar-refractivity contribution in [2.24, 2.45) is 11.1 Å². The van der Waals surface area contributed by atoms with Crippen LogP contribution in [0.25, 0.3) is 0 Å². The lowest BCUT2D eigenvalue weighted by Gasteiger charge is -2.46. The molecule has 0 spiro atoms. The Labute approximate surface area is 204 Å². The standard InChI is InChI=1S/C25H26F6N2O3/c1-16(17-11-19(24(26,27)28)13-20(12-17)25(29,30)31)36-15-23(18-5-3-2-4-6-18)8-7-22(9-10-34,14-33-23)21(32)35/h2-6,10-13,16,33H,7-9,14-15H2,1H3,(H2,32,35)/t16?,22?,23-/m1/s1. The van der Waals surface area contributed by atoms with Gasteiger partial charge in [0.25, 0.3) is 0 Å². The van der Waals surface area contributed by atoms with Crippen molar-refractivity contribution in [2.45, 2.75) is 50.2 Å². The predicted molar refractivity (Wildman–Crippen MR) is 118 cm³/mol. The smallest absolute Gasteiger partial charge is 0.372 e. The van der Waals surface area contributed by atoms with Crippen molar-refractivity contribution >= 4 is 12.2 Å². The largest absolute Gasteiger partial charge is 0.416 e. The number of piperidine rings is 1. The fourth-order valence-corrected chi connectivity index (χ4v) is 4.40. The molecular weight excluding hydrogens is 490 g/mol. The molecule has 0 radical (unpaired) electrons. The third-order valence-corrected chi connectivity index (χ3v) is 6.78. The van der Waals surface area contributed by atoms with Gasteiger partial charge in [0.15, 0.2) is 0 Å². The first-order valence-electron chi connectivity index (χ1n) is 11.2. The molecule has 0 saturated carbocycles. The van der Waals surface area contributed by atoms with E-state index in [0.29, 0.717) is 18.4 Å². The van der Waals surface area contributed by atoms with Gasteiger partial charge in [0, 0.05) is 13.0 Å². The van der Waals surface area contributed by atoms with Gasteiger partial charge in [-0.15, -0.1) is 0 Å². The number of nitrogens with one attached hydrogen (secondary N) is 1. The van der Waals surface area contributed by atoms with Gasteiger partial charge in [0.2, 0.25) is 5.91 Å². The molecule has 3 atom stereocenters. The first-order chi connectivity index (χ1) is 16.7. The number of carbonyl (C=O) groups is 2. The van der Waals surface area contributed by atoms with Crippen molar-refractivity contribution in [3.8, 4) is 0 Å². The summed E-state index contributed by atoms with van der Waals surface area (Å²) in [4.78, 5) is 23.3. The highest BCUT2D eigenvalue weighted by Gasteiger charge is 2.47. The van der Waals surface area contributed by atoms with Crippen LogP contribution in [0.3, 0.4) is 0 Å². The Bertz CT molecular complexity index is 1050. The SMILES string of the molecule is CC(OC[C@@]1(c2ccccc2)CCC(CC=O)(C(N)=O)CN1)c1cc(C(F)(F)F)cc(C(F)(F)F)c1. The monoisotopic (exact) mass is 516 g/mol. The van der Waals surface area contributed by atoms with Crippen LogP contribution in [-0.2, 0) is 32.2 Å². The fourth-order valence-electron chi connectivity index (χ4n) is 4.40. The lowest BCUT2D eigenvalue weighted by Crippen LogP contribution is -2.59. The van der Waals surface area contributed by atoms with E-state index in [1.165, 1.54) is 6.92 Å². The third kappa shape index (κ3) is 5.89. The summed E-state index contributed by atoms with van der Waals surface area (Å²) in [5.74, 6) is -0.637. The average molecular weight is 516 g/mol. The second-order valence-electron chi connectivity index (χ2n) is 9.11. The number of halogens is 6. The Morgan fingerprint density at radius 3 is 2.08 bits per heavy atom. The summed E-state index contributed by atoms with van der Waals surface area (Å²) in [6, 6.07) is 10.3. The number of rotatable bonds is 8. The molecule has 3 N–H and O–H groups in total. The second kappa shape index (κ2) is 10.2. The summed E-state index contributed by atoms with van der Waals surface area (Å²) >= 11 is 0. The molecule has 0 bridgehead atoms. The molecule has 1 fully saturated rings. The highest BCUT2D eigenvalue weighted by atomic mass is 19.4. The van der Waals surface area contributed by atoms with Gasteiger partial charge in [-0.05, 0) is 49.1 Å². The zero-order valence-electron chi connectivity index (χ0n) is 19.4. The third-order valence-electron chi connectivity index (χ3n) is 6.78. The molecule has 11 heteroatoms. The van der Waals surface area contributed by atoms with E-state index in [-0.39, 0.29) is 44.0 Å². The summed E-state index contributed by atoms with van der Waals surface area (Å²) in [7, 11) is 0. The van der Waals surface area contributed by atoms with Crippen molar-refractivity contribution in [3.05, 3.63) is 70.8 Å². The number of aldehydes is 1. The van der Waals surface area contributed by atoms with Crippen LogP contribution in [0.2, 0.25) is 0 Å². The Kier molecular flexibility index (Phi) is 7.85. The quantitative estimate of drug-likeness (QED) is 0.376. The molecule has 1 amide bonds. The van der Waals surface area contributed by atoms with Crippen LogP contribution < -0.4 is 11.1 Å². The predicted octanol–water partition coefficient (Wildman–Crippen LogP) is 5.14. The molecule has 5 nitrogen and oxygen atoms in total. The summed E-state index contributed by atoms with van der Waals surface area (Å²) in [6.45, 7) is 1.30. The number of carbonyl (C=O) groups excluding carboxylic acids is 2. The van der Waals surface area contributed by atoms with Gasteiger partial charge in [-0.2, -0.15) is 26.3 Å². The maximum absolute atomic E-state index is 13.3.